The van der Waals surface area contributed by atoms with E-state index in [0.717, 1.165) is 18.5 Å². The van der Waals surface area contributed by atoms with Crippen molar-refractivity contribution in [3.05, 3.63) is 71.8 Å². The van der Waals surface area contributed by atoms with Gasteiger partial charge in [-0.3, -0.25) is 15.0 Å². The number of hydrogen-bond donors (Lipinski definition) is 2. The Hall–Kier alpha value is -4.14. The van der Waals surface area contributed by atoms with Gasteiger partial charge in [0, 0.05) is 42.7 Å². The lowest BCUT2D eigenvalue weighted by Crippen LogP contribution is -2.43. The maximum atomic E-state index is 13.6. The van der Waals surface area contributed by atoms with E-state index < -0.39 is 5.97 Å². The molecule has 1 saturated heterocycles. The fraction of sp³-hybridized carbons (Fsp3) is 0.357. The van der Waals surface area contributed by atoms with E-state index in [2.05, 4.69) is 5.32 Å². The minimum Gasteiger partial charge on any atom is -0.497 e. The maximum absolute atomic E-state index is 13.6. The summed E-state index contributed by atoms with van der Waals surface area (Å²) in [5, 5.41) is 11.3. The second-order valence-electron chi connectivity index (χ2n) is 8.45. The number of hydrogen-bond acceptors (Lipinski definition) is 7. The fourth-order valence-electron chi connectivity index (χ4n) is 4.21. The molecule has 2 heterocycles. The number of carbonyl (C=O) groups excluding carboxylic acids is 3. The molecule has 2 aliphatic rings. The SMILES string of the molecule is C\C=C/C(=C\C=C\NC1=C(C(=N)C(=O)OCC)CCN(c2ccc(N3CCCCC3=O)cc2)C1=O)OC. The number of methoxy groups -OCH3 is 1. The van der Waals surface area contributed by atoms with E-state index in [9.17, 15) is 14.4 Å². The van der Waals surface area contributed by atoms with Crippen molar-refractivity contribution in [1.82, 2.24) is 5.32 Å². The summed E-state index contributed by atoms with van der Waals surface area (Å²) in [5.41, 5.74) is 1.56. The molecule has 0 saturated carbocycles. The molecule has 1 fully saturated rings. The molecule has 2 N–H and O–H groups in total. The third-order valence-electron chi connectivity index (χ3n) is 6.08. The standard InChI is InChI=1S/C28H34N4O5/c1-4-9-22(36-3)10-8-17-30-26-23(25(29)28(35)37-5-2)16-19-32(27(26)34)21-14-12-20(13-15-21)31-18-7-6-11-24(31)33/h4,8-10,12-15,17,29-30H,5-7,11,16,18-19H2,1-3H3/b9-4-,17-8+,22-10+,29-25?. The molecule has 1 aromatic rings. The first-order valence-corrected chi connectivity index (χ1v) is 12.4. The zero-order chi connectivity index (χ0) is 26.8. The van der Waals surface area contributed by atoms with Gasteiger partial charge in [-0.25, -0.2) is 4.79 Å². The van der Waals surface area contributed by atoms with Gasteiger partial charge in [0.2, 0.25) is 5.91 Å². The van der Waals surface area contributed by atoms with Crippen LogP contribution in [0.1, 0.15) is 39.5 Å². The van der Waals surface area contributed by atoms with E-state index in [4.69, 9.17) is 14.9 Å². The average Bonchev–Trinajstić information content (AvgIpc) is 2.91. The Morgan fingerprint density at radius 3 is 2.41 bits per heavy atom. The van der Waals surface area contributed by atoms with Crippen molar-refractivity contribution in [2.24, 2.45) is 0 Å². The molecule has 0 atom stereocenters. The number of amides is 2. The van der Waals surface area contributed by atoms with Gasteiger partial charge in [0.05, 0.1) is 13.7 Å². The Balaban J connectivity index is 1.87. The van der Waals surface area contributed by atoms with E-state index in [0.29, 0.717) is 43.0 Å². The molecule has 196 valence electrons. The van der Waals surface area contributed by atoms with Crippen LogP contribution in [0.4, 0.5) is 11.4 Å². The number of ether oxygens (including phenoxy) is 2. The summed E-state index contributed by atoms with van der Waals surface area (Å²) in [6.07, 6.45) is 11.3. The first-order chi connectivity index (χ1) is 17.9. The first-order valence-electron chi connectivity index (χ1n) is 12.4. The number of rotatable bonds is 10. The molecule has 0 bridgehead atoms. The van der Waals surface area contributed by atoms with Gasteiger partial charge < -0.3 is 24.6 Å². The van der Waals surface area contributed by atoms with Gasteiger partial charge in [0.25, 0.3) is 5.91 Å². The Morgan fingerprint density at radius 2 is 1.78 bits per heavy atom. The van der Waals surface area contributed by atoms with Crippen molar-refractivity contribution in [1.29, 1.82) is 5.41 Å². The summed E-state index contributed by atoms with van der Waals surface area (Å²) in [5.74, 6) is -0.409. The van der Waals surface area contributed by atoms with Crippen molar-refractivity contribution in [2.45, 2.75) is 39.5 Å². The van der Waals surface area contributed by atoms with Crippen LogP contribution in [-0.2, 0) is 23.9 Å². The molecule has 37 heavy (non-hydrogen) atoms. The van der Waals surface area contributed by atoms with Crippen molar-refractivity contribution in [3.63, 3.8) is 0 Å². The highest BCUT2D eigenvalue weighted by molar-refractivity contribution is 6.43. The Kier molecular flexibility index (Phi) is 9.83. The van der Waals surface area contributed by atoms with E-state index in [1.54, 1.807) is 48.3 Å². The molecule has 0 spiro atoms. The van der Waals surface area contributed by atoms with Gasteiger partial charge in [0.1, 0.15) is 17.2 Å². The second kappa shape index (κ2) is 13.2. The van der Waals surface area contributed by atoms with Crippen LogP contribution in [0.25, 0.3) is 0 Å². The quantitative estimate of drug-likeness (QED) is 0.215. The number of carbonyl (C=O) groups is 3. The zero-order valence-corrected chi connectivity index (χ0v) is 21.6. The predicted octanol–water partition coefficient (Wildman–Crippen LogP) is 3.99. The largest absolute Gasteiger partial charge is 0.497 e. The predicted molar refractivity (Wildman–Crippen MR) is 143 cm³/mol. The summed E-state index contributed by atoms with van der Waals surface area (Å²) < 4.78 is 10.2. The Morgan fingerprint density at radius 1 is 1.08 bits per heavy atom. The highest BCUT2D eigenvalue weighted by Crippen LogP contribution is 2.28. The van der Waals surface area contributed by atoms with Crippen LogP contribution in [0.2, 0.25) is 0 Å². The van der Waals surface area contributed by atoms with Crippen LogP contribution >= 0.6 is 0 Å². The molecule has 2 amide bonds. The van der Waals surface area contributed by atoms with Crippen molar-refractivity contribution >= 4 is 34.9 Å². The zero-order valence-electron chi connectivity index (χ0n) is 21.6. The van der Waals surface area contributed by atoms with E-state index in [1.165, 1.54) is 0 Å². The summed E-state index contributed by atoms with van der Waals surface area (Å²) in [7, 11) is 1.56. The third-order valence-corrected chi connectivity index (χ3v) is 6.08. The number of piperidine rings is 1. The molecule has 0 unspecified atom stereocenters. The van der Waals surface area contributed by atoms with Gasteiger partial charge in [-0.1, -0.05) is 6.08 Å². The van der Waals surface area contributed by atoms with Crippen LogP contribution < -0.4 is 15.1 Å². The van der Waals surface area contributed by atoms with Gasteiger partial charge in [0.15, 0.2) is 0 Å². The smallest absolute Gasteiger partial charge is 0.356 e. The molecular formula is C28H34N4O5. The maximum Gasteiger partial charge on any atom is 0.356 e. The monoisotopic (exact) mass is 506 g/mol. The van der Waals surface area contributed by atoms with E-state index >= 15 is 0 Å². The van der Waals surface area contributed by atoms with Crippen molar-refractivity contribution in [2.75, 3.05) is 36.6 Å². The third kappa shape index (κ3) is 6.75. The summed E-state index contributed by atoms with van der Waals surface area (Å²) >= 11 is 0. The minimum absolute atomic E-state index is 0.108. The lowest BCUT2D eigenvalue weighted by atomic mass is 9.98. The molecule has 2 aliphatic heterocycles. The Bertz CT molecular complexity index is 1150. The number of allylic oxidation sites excluding steroid dienone is 4. The number of anilines is 2. The highest BCUT2D eigenvalue weighted by Gasteiger charge is 2.32. The second-order valence-corrected chi connectivity index (χ2v) is 8.45. The van der Waals surface area contributed by atoms with Gasteiger partial charge in [-0.15, -0.1) is 0 Å². The number of esters is 1. The lowest BCUT2D eigenvalue weighted by molar-refractivity contribution is -0.135. The topological polar surface area (TPSA) is 112 Å². The normalized spacial score (nSPS) is 17.1. The minimum atomic E-state index is -0.771. The molecule has 0 radical (unpaired) electrons. The van der Waals surface area contributed by atoms with Crippen LogP contribution in [-0.4, -0.2) is 50.3 Å². The molecular weight excluding hydrogens is 472 g/mol. The summed E-state index contributed by atoms with van der Waals surface area (Å²) in [6.45, 7) is 4.66. The number of nitrogens with one attached hydrogen (secondary N) is 2. The van der Waals surface area contributed by atoms with Crippen LogP contribution in [0.5, 0.6) is 0 Å². The van der Waals surface area contributed by atoms with Crippen molar-refractivity contribution < 1.29 is 23.9 Å². The van der Waals surface area contributed by atoms with Crippen molar-refractivity contribution in [3.8, 4) is 0 Å². The summed E-state index contributed by atoms with van der Waals surface area (Å²) in [4.78, 5) is 41.5. The van der Waals surface area contributed by atoms with E-state index in [-0.39, 0.29) is 29.8 Å². The molecule has 1 aromatic carbocycles. The molecule has 0 aromatic heterocycles. The number of benzene rings is 1. The fourth-order valence-corrected chi connectivity index (χ4v) is 4.21. The molecule has 0 aliphatic carbocycles. The average molecular weight is 507 g/mol. The highest BCUT2D eigenvalue weighted by atomic mass is 16.5. The number of nitrogens with zero attached hydrogens (tertiary/aromatic N) is 2. The van der Waals surface area contributed by atoms with Crippen LogP contribution in [0, 0.1) is 5.41 Å². The van der Waals surface area contributed by atoms with Gasteiger partial charge >= 0.3 is 5.97 Å². The molecule has 9 nitrogen and oxygen atoms in total. The van der Waals surface area contributed by atoms with Gasteiger partial charge in [-0.05, 0) is 75.6 Å². The van der Waals surface area contributed by atoms with E-state index in [1.807, 2.05) is 37.3 Å². The first kappa shape index (κ1) is 27.4. The lowest BCUT2D eigenvalue weighted by Gasteiger charge is -2.31. The van der Waals surface area contributed by atoms with Gasteiger partial charge in [-0.2, -0.15) is 0 Å². The van der Waals surface area contributed by atoms with Crippen LogP contribution in [0.3, 0.4) is 0 Å². The Labute approximate surface area is 217 Å². The molecule has 3 rings (SSSR count). The molecule has 9 heteroatoms. The summed E-state index contributed by atoms with van der Waals surface area (Å²) in [6, 6.07) is 7.32. The van der Waals surface area contributed by atoms with Crippen LogP contribution in [0.15, 0.2) is 71.8 Å².